The summed E-state index contributed by atoms with van der Waals surface area (Å²) in [5.74, 6) is -0.178. The standard InChI is InChI=1S/C25H26N2O3S/c1-3-18-27(31(29,30)24-12-8-5-9-13-24)19-21-14-16-23(17-15-21)25(28)26-20(2)22-10-6-4-7-11-22/h3-17,20H,1,18-19H2,2H3,(H,26,28). The van der Waals surface area contributed by atoms with Crippen LogP contribution in [0, 0.1) is 0 Å². The molecule has 3 aromatic carbocycles. The van der Waals surface area contributed by atoms with Crippen LogP contribution in [0.2, 0.25) is 0 Å². The summed E-state index contributed by atoms with van der Waals surface area (Å²) in [7, 11) is -3.65. The van der Waals surface area contributed by atoms with Crippen molar-refractivity contribution in [3.63, 3.8) is 0 Å². The Morgan fingerprint density at radius 1 is 0.968 bits per heavy atom. The van der Waals surface area contributed by atoms with Crippen molar-refractivity contribution >= 4 is 15.9 Å². The molecule has 3 rings (SSSR count). The second kappa shape index (κ2) is 10.2. The molecule has 0 saturated carbocycles. The average Bonchev–Trinajstić information content (AvgIpc) is 2.80. The average molecular weight is 435 g/mol. The third kappa shape index (κ3) is 5.69. The van der Waals surface area contributed by atoms with Crippen LogP contribution in [0.5, 0.6) is 0 Å². The maximum atomic E-state index is 13.0. The molecule has 5 nitrogen and oxygen atoms in total. The van der Waals surface area contributed by atoms with Crippen LogP contribution in [0.4, 0.5) is 0 Å². The topological polar surface area (TPSA) is 66.5 Å². The molecule has 0 aromatic heterocycles. The fourth-order valence-electron chi connectivity index (χ4n) is 3.20. The number of amides is 1. The lowest BCUT2D eigenvalue weighted by molar-refractivity contribution is 0.0940. The zero-order valence-corrected chi connectivity index (χ0v) is 18.3. The number of carbonyl (C=O) groups is 1. The normalized spacial score (nSPS) is 12.3. The van der Waals surface area contributed by atoms with Gasteiger partial charge in [0, 0.05) is 18.7 Å². The van der Waals surface area contributed by atoms with E-state index in [1.807, 2.05) is 37.3 Å². The van der Waals surface area contributed by atoms with E-state index in [-0.39, 0.29) is 29.9 Å². The molecule has 0 heterocycles. The van der Waals surface area contributed by atoms with Crippen molar-refractivity contribution in [3.05, 3.63) is 114 Å². The van der Waals surface area contributed by atoms with Gasteiger partial charge in [0.05, 0.1) is 10.9 Å². The van der Waals surface area contributed by atoms with Gasteiger partial charge in [-0.25, -0.2) is 8.42 Å². The Kier molecular flexibility index (Phi) is 7.39. The zero-order valence-electron chi connectivity index (χ0n) is 17.4. The lowest BCUT2D eigenvalue weighted by atomic mass is 10.1. The summed E-state index contributed by atoms with van der Waals surface area (Å²) >= 11 is 0. The molecule has 0 saturated heterocycles. The molecule has 0 bridgehead atoms. The molecule has 0 fully saturated rings. The Hall–Kier alpha value is -3.22. The first-order valence-corrected chi connectivity index (χ1v) is 11.5. The van der Waals surface area contributed by atoms with Gasteiger partial charge in [-0.15, -0.1) is 6.58 Å². The molecule has 1 unspecified atom stereocenters. The summed E-state index contributed by atoms with van der Waals surface area (Å²) < 4.78 is 27.3. The van der Waals surface area contributed by atoms with E-state index in [0.29, 0.717) is 5.56 Å². The maximum Gasteiger partial charge on any atom is 0.251 e. The van der Waals surface area contributed by atoms with E-state index < -0.39 is 10.0 Å². The Morgan fingerprint density at radius 3 is 2.13 bits per heavy atom. The van der Waals surface area contributed by atoms with E-state index in [2.05, 4.69) is 11.9 Å². The van der Waals surface area contributed by atoms with Gasteiger partial charge in [-0.05, 0) is 42.3 Å². The molecule has 0 spiro atoms. The highest BCUT2D eigenvalue weighted by molar-refractivity contribution is 7.89. The van der Waals surface area contributed by atoms with Crippen molar-refractivity contribution in [3.8, 4) is 0 Å². The van der Waals surface area contributed by atoms with Gasteiger partial charge in [-0.1, -0.05) is 66.7 Å². The molecule has 0 radical (unpaired) electrons. The van der Waals surface area contributed by atoms with Gasteiger partial charge in [0.25, 0.3) is 5.91 Å². The molecule has 1 amide bonds. The maximum absolute atomic E-state index is 13.0. The third-order valence-corrected chi connectivity index (χ3v) is 6.76. The number of carbonyl (C=O) groups excluding carboxylic acids is 1. The Labute approximate surface area is 184 Å². The fraction of sp³-hybridized carbons (Fsp3) is 0.160. The van der Waals surface area contributed by atoms with Gasteiger partial charge in [0.1, 0.15) is 0 Å². The third-order valence-electron chi connectivity index (χ3n) is 4.94. The van der Waals surface area contributed by atoms with Gasteiger partial charge in [-0.2, -0.15) is 4.31 Å². The van der Waals surface area contributed by atoms with E-state index in [1.54, 1.807) is 60.7 Å². The minimum absolute atomic E-state index is 0.118. The Bertz CT molecular complexity index is 1110. The van der Waals surface area contributed by atoms with Crippen molar-refractivity contribution in [2.24, 2.45) is 0 Å². The number of hydrogen-bond donors (Lipinski definition) is 1. The lowest BCUT2D eigenvalue weighted by Gasteiger charge is -2.21. The summed E-state index contributed by atoms with van der Waals surface area (Å²) in [6.07, 6.45) is 1.56. The number of rotatable bonds is 9. The largest absolute Gasteiger partial charge is 0.346 e. The van der Waals surface area contributed by atoms with Crippen LogP contribution in [0.1, 0.15) is 34.5 Å². The van der Waals surface area contributed by atoms with Gasteiger partial charge in [0.2, 0.25) is 10.0 Å². The monoisotopic (exact) mass is 434 g/mol. The first-order valence-electron chi connectivity index (χ1n) is 10.0. The van der Waals surface area contributed by atoms with Crippen LogP contribution < -0.4 is 5.32 Å². The van der Waals surface area contributed by atoms with Crippen LogP contribution in [-0.2, 0) is 16.6 Å². The first kappa shape index (κ1) is 22.5. The van der Waals surface area contributed by atoms with E-state index in [0.717, 1.165) is 11.1 Å². The number of nitrogens with zero attached hydrogens (tertiary/aromatic N) is 1. The SMILES string of the molecule is C=CCN(Cc1ccc(C(=O)NC(C)c2ccccc2)cc1)S(=O)(=O)c1ccccc1. The number of hydrogen-bond acceptors (Lipinski definition) is 3. The molecule has 3 aromatic rings. The highest BCUT2D eigenvalue weighted by Crippen LogP contribution is 2.19. The Balaban J connectivity index is 1.71. The second-order valence-electron chi connectivity index (χ2n) is 7.20. The van der Waals surface area contributed by atoms with Crippen molar-refractivity contribution in [1.82, 2.24) is 9.62 Å². The van der Waals surface area contributed by atoms with Gasteiger partial charge in [-0.3, -0.25) is 4.79 Å². The molecule has 6 heteroatoms. The van der Waals surface area contributed by atoms with Crippen molar-refractivity contribution in [2.75, 3.05) is 6.54 Å². The summed E-state index contributed by atoms with van der Waals surface area (Å²) in [4.78, 5) is 12.8. The van der Waals surface area contributed by atoms with Crippen molar-refractivity contribution in [2.45, 2.75) is 24.4 Å². The smallest absolute Gasteiger partial charge is 0.251 e. The van der Waals surface area contributed by atoms with Crippen molar-refractivity contribution < 1.29 is 13.2 Å². The number of sulfonamides is 1. The summed E-state index contributed by atoms with van der Waals surface area (Å²) in [5, 5.41) is 2.98. The lowest BCUT2D eigenvalue weighted by Crippen LogP contribution is -2.31. The van der Waals surface area contributed by atoms with E-state index in [9.17, 15) is 13.2 Å². The summed E-state index contributed by atoms with van der Waals surface area (Å²) in [5.41, 5.74) is 2.33. The molecular formula is C25H26N2O3S. The summed E-state index contributed by atoms with van der Waals surface area (Å²) in [6, 6.07) is 24.9. The molecule has 0 aliphatic carbocycles. The second-order valence-corrected chi connectivity index (χ2v) is 9.14. The predicted octanol–water partition coefficient (Wildman–Crippen LogP) is 4.55. The molecule has 160 valence electrons. The van der Waals surface area contributed by atoms with Crippen LogP contribution in [-0.4, -0.2) is 25.2 Å². The van der Waals surface area contributed by atoms with Crippen LogP contribution in [0.15, 0.2) is 102 Å². The number of benzene rings is 3. The Morgan fingerprint density at radius 2 is 1.55 bits per heavy atom. The van der Waals surface area contributed by atoms with Gasteiger partial charge in [0.15, 0.2) is 0 Å². The zero-order chi connectivity index (χ0) is 22.3. The molecule has 1 N–H and O–H groups in total. The van der Waals surface area contributed by atoms with Crippen LogP contribution in [0.3, 0.4) is 0 Å². The summed E-state index contributed by atoms with van der Waals surface area (Å²) in [6.45, 7) is 5.99. The molecule has 1 atom stereocenters. The fourth-order valence-corrected chi connectivity index (χ4v) is 4.62. The van der Waals surface area contributed by atoms with Gasteiger partial charge >= 0.3 is 0 Å². The number of nitrogens with one attached hydrogen (secondary N) is 1. The van der Waals surface area contributed by atoms with E-state index in [1.165, 1.54) is 4.31 Å². The van der Waals surface area contributed by atoms with Gasteiger partial charge < -0.3 is 5.32 Å². The van der Waals surface area contributed by atoms with Crippen LogP contribution >= 0.6 is 0 Å². The quantitative estimate of drug-likeness (QED) is 0.502. The predicted molar refractivity (Wildman–Crippen MR) is 123 cm³/mol. The highest BCUT2D eigenvalue weighted by atomic mass is 32.2. The first-order chi connectivity index (χ1) is 14.9. The molecule has 0 aliphatic heterocycles. The van der Waals surface area contributed by atoms with E-state index in [4.69, 9.17) is 0 Å². The van der Waals surface area contributed by atoms with E-state index >= 15 is 0 Å². The minimum Gasteiger partial charge on any atom is -0.346 e. The highest BCUT2D eigenvalue weighted by Gasteiger charge is 2.23. The molecule has 0 aliphatic rings. The van der Waals surface area contributed by atoms with Crippen molar-refractivity contribution in [1.29, 1.82) is 0 Å². The molecular weight excluding hydrogens is 408 g/mol. The van der Waals surface area contributed by atoms with Crippen LogP contribution in [0.25, 0.3) is 0 Å². The minimum atomic E-state index is -3.65. The molecule has 31 heavy (non-hydrogen) atoms.